The maximum absolute atomic E-state index is 4.86. The van der Waals surface area contributed by atoms with Gasteiger partial charge < -0.3 is 15.1 Å². The van der Waals surface area contributed by atoms with Gasteiger partial charge in [0.15, 0.2) is 11.1 Å². The van der Waals surface area contributed by atoms with E-state index in [1.54, 1.807) is 11.3 Å². The van der Waals surface area contributed by atoms with Gasteiger partial charge in [0.1, 0.15) is 0 Å². The van der Waals surface area contributed by atoms with Crippen LogP contribution in [-0.4, -0.2) is 55.1 Å². The van der Waals surface area contributed by atoms with E-state index < -0.39 is 0 Å². The molecule has 0 amide bonds. The summed E-state index contributed by atoms with van der Waals surface area (Å²) in [5, 5.41) is 6.86. The zero-order valence-corrected chi connectivity index (χ0v) is 15.9. The first-order valence-electron chi connectivity index (χ1n) is 9.49. The van der Waals surface area contributed by atoms with Gasteiger partial charge in [-0.05, 0) is 38.5 Å². The van der Waals surface area contributed by atoms with Crippen molar-refractivity contribution in [3.8, 4) is 0 Å². The molecule has 1 unspecified atom stereocenters. The molecule has 0 aromatic carbocycles. The highest BCUT2D eigenvalue weighted by atomic mass is 32.1. The predicted molar refractivity (Wildman–Crippen MR) is 103 cm³/mol. The predicted octanol–water partition coefficient (Wildman–Crippen LogP) is 2.98. The van der Waals surface area contributed by atoms with Gasteiger partial charge in [0.05, 0.1) is 5.69 Å². The molecule has 3 rings (SSSR count). The second kappa shape index (κ2) is 8.70. The molecule has 1 aromatic rings. The molecule has 3 heterocycles. The molecule has 1 aromatic heterocycles. The van der Waals surface area contributed by atoms with Gasteiger partial charge in [0.2, 0.25) is 0 Å². The molecule has 0 aliphatic carbocycles. The third-order valence-corrected chi connectivity index (χ3v) is 5.79. The Bertz CT molecular complexity index is 535. The van der Waals surface area contributed by atoms with Crippen LogP contribution in [0.15, 0.2) is 10.4 Å². The summed E-state index contributed by atoms with van der Waals surface area (Å²) in [4.78, 5) is 14.5. The molecular weight excluding hydrogens is 318 g/mol. The highest BCUT2D eigenvalue weighted by molar-refractivity contribution is 7.13. The van der Waals surface area contributed by atoms with E-state index in [-0.39, 0.29) is 0 Å². The van der Waals surface area contributed by atoms with E-state index in [9.17, 15) is 0 Å². The summed E-state index contributed by atoms with van der Waals surface area (Å²) in [5.74, 6) is 1.85. The second-order valence-electron chi connectivity index (χ2n) is 6.99. The maximum atomic E-state index is 4.86. The van der Waals surface area contributed by atoms with Gasteiger partial charge in [0.25, 0.3) is 0 Å². The van der Waals surface area contributed by atoms with E-state index in [1.807, 2.05) is 0 Å². The van der Waals surface area contributed by atoms with Crippen LogP contribution in [0.1, 0.15) is 45.2 Å². The minimum atomic E-state index is 0.768. The number of guanidine groups is 1. The molecule has 134 valence electrons. The van der Waals surface area contributed by atoms with Crippen molar-refractivity contribution in [3.63, 3.8) is 0 Å². The number of hydrogen-bond donors (Lipinski definition) is 1. The third-order valence-electron chi connectivity index (χ3n) is 4.84. The number of aromatic nitrogens is 1. The van der Waals surface area contributed by atoms with Gasteiger partial charge in [-0.25, -0.2) is 4.98 Å². The molecule has 5 nitrogen and oxygen atoms in total. The van der Waals surface area contributed by atoms with Gasteiger partial charge >= 0.3 is 0 Å². The second-order valence-corrected chi connectivity index (χ2v) is 7.83. The summed E-state index contributed by atoms with van der Waals surface area (Å²) in [6.07, 6.45) is 6.16. The molecule has 0 spiro atoms. The van der Waals surface area contributed by atoms with Crippen LogP contribution in [0.5, 0.6) is 0 Å². The van der Waals surface area contributed by atoms with Crippen LogP contribution < -0.4 is 10.2 Å². The van der Waals surface area contributed by atoms with Crippen molar-refractivity contribution in [2.75, 3.05) is 44.2 Å². The zero-order chi connectivity index (χ0) is 16.8. The monoisotopic (exact) mass is 349 g/mol. The van der Waals surface area contributed by atoms with E-state index in [4.69, 9.17) is 9.98 Å². The van der Waals surface area contributed by atoms with Gasteiger partial charge in [-0.2, -0.15) is 0 Å². The summed E-state index contributed by atoms with van der Waals surface area (Å²) < 4.78 is 0. The molecule has 2 fully saturated rings. The standard InChI is InChI=1S/C18H31N5S/c1-3-19-17(23-12-6-7-15(2)13-23)20-9-8-16-14-24-18(21-16)22-10-4-5-11-22/h14-15H,3-13H2,1-2H3,(H,19,20). The molecular formula is C18H31N5S. The van der Waals surface area contributed by atoms with Gasteiger partial charge in [-0.3, -0.25) is 4.99 Å². The molecule has 24 heavy (non-hydrogen) atoms. The number of nitrogens with zero attached hydrogens (tertiary/aromatic N) is 4. The third kappa shape index (κ3) is 4.62. The average Bonchev–Trinajstić information content (AvgIpc) is 3.25. The lowest BCUT2D eigenvalue weighted by atomic mass is 10.0. The molecule has 0 saturated carbocycles. The maximum Gasteiger partial charge on any atom is 0.193 e. The average molecular weight is 350 g/mol. The van der Waals surface area contributed by atoms with Crippen molar-refractivity contribution in [1.29, 1.82) is 0 Å². The number of thiazole rings is 1. The summed E-state index contributed by atoms with van der Waals surface area (Å²) in [6.45, 7) is 10.8. The molecule has 0 bridgehead atoms. The lowest BCUT2D eigenvalue weighted by molar-refractivity contribution is 0.266. The van der Waals surface area contributed by atoms with E-state index in [0.29, 0.717) is 0 Å². The number of piperidine rings is 1. The number of anilines is 1. The van der Waals surface area contributed by atoms with Gasteiger partial charge in [-0.1, -0.05) is 6.92 Å². The first-order chi connectivity index (χ1) is 11.8. The Labute approximate surface area is 150 Å². The quantitative estimate of drug-likeness (QED) is 0.656. The molecule has 2 saturated heterocycles. The largest absolute Gasteiger partial charge is 0.357 e. The van der Waals surface area contributed by atoms with Gasteiger partial charge in [0, 0.05) is 51.1 Å². The summed E-state index contributed by atoms with van der Waals surface area (Å²) in [6, 6.07) is 0. The van der Waals surface area contributed by atoms with Crippen LogP contribution >= 0.6 is 11.3 Å². The van der Waals surface area contributed by atoms with Crippen molar-refractivity contribution in [1.82, 2.24) is 15.2 Å². The lowest BCUT2D eigenvalue weighted by Crippen LogP contribution is -2.46. The topological polar surface area (TPSA) is 43.8 Å². The Balaban J connectivity index is 1.54. The molecule has 1 N–H and O–H groups in total. The van der Waals surface area contributed by atoms with Crippen molar-refractivity contribution >= 4 is 22.4 Å². The zero-order valence-electron chi connectivity index (χ0n) is 15.1. The fourth-order valence-electron chi connectivity index (χ4n) is 3.55. The molecule has 6 heteroatoms. The lowest BCUT2D eigenvalue weighted by Gasteiger charge is -2.33. The number of rotatable bonds is 5. The Morgan fingerprint density at radius 3 is 2.92 bits per heavy atom. The molecule has 2 aliphatic rings. The Morgan fingerprint density at radius 2 is 2.17 bits per heavy atom. The summed E-state index contributed by atoms with van der Waals surface area (Å²) in [5.41, 5.74) is 1.19. The van der Waals surface area contributed by atoms with Crippen LogP contribution in [0.3, 0.4) is 0 Å². The highest BCUT2D eigenvalue weighted by Crippen LogP contribution is 2.24. The smallest absolute Gasteiger partial charge is 0.193 e. The highest BCUT2D eigenvalue weighted by Gasteiger charge is 2.19. The van der Waals surface area contributed by atoms with E-state index in [1.165, 1.54) is 49.6 Å². The number of nitrogens with one attached hydrogen (secondary N) is 1. The Hall–Kier alpha value is -1.30. The number of likely N-dealkylation sites (tertiary alicyclic amines) is 1. The SMILES string of the molecule is CCNC(=NCCc1csc(N2CCCC2)n1)N1CCCC(C)C1. The van der Waals surface area contributed by atoms with E-state index in [2.05, 4.69) is 34.3 Å². The minimum Gasteiger partial charge on any atom is -0.357 e. The van der Waals surface area contributed by atoms with Crippen LogP contribution in [0.2, 0.25) is 0 Å². The molecule has 2 aliphatic heterocycles. The van der Waals surface area contributed by atoms with Crippen LogP contribution in [0.4, 0.5) is 5.13 Å². The minimum absolute atomic E-state index is 0.768. The van der Waals surface area contributed by atoms with E-state index in [0.717, 1.165) is 44.5 Å². The first-order valence-corrected chi connectivity index (χ1v) is 10.4. The van der Waals surface area contributed by atoms with Crippen molar-refractivity contribution < 1.29 is 0 Å². The fourth-order valence-corrected chi connectivity index (χ4v) is 4.46. The molecule has 1 atom stereocenters. The molecule has 0 radical (unpaired) electrons. The van der Waals surface area contributed by atoms with Crippen LogP contribution in [0.25, 0.3) is 0 Å². The van der Waals surface area contributed by atoms with Crippen molar-refractivity contribution in [2.24, 2.45) is 10.9 Å². The van der Waals surface area contributed by atoms with Gasteiger partial charge in [-0.15, -0.1) is 11.3 Å². The normalized spacial score (nSPS) is 22.2. The number of aliphatic imine (C=N–C) groups is 1. The fraction of sp³-hybridized carbons (Fsp3) is 0.778. The van der Waals surface area contributed by atoms with E-state index >= 15 is 0 Å². The first kappa shape index (κ1) is 17.5. The van der Waals surface area contributed by atoms with Crippen LogP contribution in [-0.2, 0) is 6.42 Å². The Kier molecular flexibility index (Phi) is 6.35. The summed E-state index contributed by atoms with van der Waals surface area (Å²) in [7, 11) is 0. The summed E-state index contributed by atoms with van der Waals surface area (Å²) >= 11 is 1.78. The number of hydrogen-bond acceptors (Lipinski definition) is 4. The van der Waals surface area contributed by atoms with Crippen LogP contribution in [0, 0.1) is 5.92 Å². The van der Waals surface area contributed by atoms with Crippen molar-refractivity contribution in [3.05, 3.63) is 11.1 Å². The van der Waals surface area contributed by atoms with Crippen molar-refractivity contribution in [2.45, 2.75) is 46.0 Å². The Morgan fingerprint density at radius 1 is 1.33 bits per heavy atom.